The van der Waals surface area contributed by atoms with Gasteiger partial charge >= 0.3 is 0 Å². The zero-order valence-electron chi connectivity index (χ0n) is 8.82. The van der Waals surface area contributed by atoms with Crippen molar-refractivity contribution in [3.05, 3.63) is 41.4 Å². The van der Waals surface area contributed by atoms with Crippen molar-refractivity contribution in [3.8, 4) is 5.75 Å². The Hall–Kier alpha value is -1.25. The lowest BCUT2D eigenvalue weighted by Gasteiger charge is -2.09. The van der Waals surface area contributed by atoms with E-state index < -0.39 is 0 Å². The lowest BCUT2D eigenvalue weighted by atomic mass is 10.1. The van der Waals surface area contributed by atoms with Gasteiger partial charge in [-0.1, -0.05) is 35.9 Å². The average molecular weight is 237 g/mol. The molecule has 0 saturated carbocycles. The molecule has 0 saturated heterocycles. The monoisotopic (exact) mass is 236 g/mol. The summed E-state index contributed by atoms with van der Waals surface area (Å²) in [7, 11) is 0. The molecule has 0 radical (unpaired) electrons. The fraction of sp³-hybridized carbons (Fsp3) is 0.231. The van der Waals surface area contributed by atoms with Crippen LogP contribution in [0.5, 0.6) is 5.75 Å². The van der Waals surface area contributed by atoms with E-state index in [1.165, 1.54) is 0 Å². The molecule has 0 unspecified atom stereocenters. The first-order valence-corrected chi connectivity index (χ1v) is 5.61. The first-order chi connectivity index (χ1) is 7.83. The standard InChI is InChI=1S/C13H13ClO2/c14-12-6-7-13(16-9-3-8-15)11-5-2-1-4-10(11)12/h1-2,4-7,15H,3,8-9H2. The number of hydrogen-bond donors (Lipinski definition) is 1. The molecule has 0 aliphatic carbocycles. The molecular formula is C13H13ClO2. The fourth-order valence-electron chi connectivity index (χ4n) is 1.61. The van der Waals surface area contributed by atoms with Crippen LogP contribution in [0.2, 0.25) is 5.02 Å². The second-order valence-electron chi connectivity index (χ2n) is 3.52. The molecule has 2 nitrogen and oxygen atoms in total. The quantitative estimate of drug-likeness (QED) is 0.826. The van der Waals surface area contributed by atoms with Crippen molar-refractivity contribution in [1.82, 2.24) is 0 Å². The molecule has 2 aromatic rings. The van der Waals surface area contributed by atoms with Crippen LogP contribution in [0.1, 0.15) is 6.42 Å². The molecular weight excluding hydrogens is 224 g/mol. The van der Waals surface area contributed by atoms with Crippen molar-refractivity contribution in [2.75, 3.05) is 13.2 Å². The largest absolute Gasteiger partial charge is 0.493 e. The molecule has 2 rings (SSSR count). The van der Waals surface area contributed by atoms with E-state index in [2.05, 4.69) is 0 Å². The summed E-state index contributed by atoms with van der Waals surface area (Å²) in [4.78, 5) is 0. The maximum absolute atomic E-state index is 8.70. The Morgan fingerprint density at radius 2 is 1.81 bits per heavy atom. The minimum absolute atomic E-state index is 0.144. The zero-order chi connectivity index (χ0) is 11.4. The summed E-state index contributed by atoms with van der Waals surface area (Å²) in [5, 5.41) is 11.4. The first kappa shape index (κ1) is 11.2. The normalized spacial score (nSPS) is 10.6. The Balaban J connectivity index is 2.35. The lowest BCUT2D eigenvalue weighted by molar-refractivity contribution is 0.235. The van der Waals surface area contributed by atoms with Gasteiger partial charge in [-0.2, -0.15) is 0 Å². The van der Waals surface area contributed by atoms with Crippen LogP contribution >= 0.6 is 11.6 Å². The predicted molar refractivity (Wildman–Crippen MR) is 66.2 cm³/mol. The van der Waals surface area contributed by atoms with Crippen molar-refractivity contribution in [1.29, 1.82) is 0 Å². The van der Waals surface area contributed by atoms with Gasteiger partial charge < -0.3 is 9.84 Å². The number of aliphatic hydroxyl groups excluding tert-OH is 1. The number of ether oxygens (including phenoxy) is 1. The Bertz CT molecular complexity index is 482. The van der Waals surface area contributed by atoms with Crippen molar-refractivity contribution >= 4 is 22.4 Å². The second-order valence-corrected chi connectivity index (χ2v) is 3.92. The van der Waals surface area contributed by atoms with Crippen LogP contribution < -0.4 is 4.74 Å². The maximum Gasteiger partial charge on any atom is 0.127 e. The van der Waals surface area contributed by atoms with Crippen molar-refractivity contribution < 1.29 is 9.84 Å². The molecule has 0 aliphatic rings. The third kappa shape index (κ3) is 2.29. The van der Waals surface area contributed by atoms with Gasteiger partial charge in [-0.25, -0.2) is 0 Å². The van der Waals surface area contributed by atoms with E-state index >= 15 is 0 Å². The van der Waals surface area contributed by atoms with Gasteiger partial charge in [0.2, 0.25) is 0 Å². The Kier molecular flexibility index (Phi) is 3.65. The lowest BCUT2D eigenvalue weighted by Crippen LogP contribution is -2.00. The topological polar surface area (TPSA) is 29.5 Å². The van der Waals surface area contributed by atoms with Crippen LogP contribution in [0.15, 0.2) is 36.4 Å². The first-order valence-electron chi connectivity index (χ1n) is 5.24. The molecule has 0 aromatic heterocycles. The smallest absolute Gasteiger partial charge is 0.127 e. The summed E-state index contributed by atoms with van der Waals surface area (Å²) < 4.78 is 5.60. The van der Waals surface area contributed by atoms with Crippen LogP contribution in [-0.2, 0) is 0 Å². The summed E-state index contributed by atoms with van der Waals surface area (Å²) in [6.07, 6.45) is 0.636. The van der Waals surface area contributed by atoms with Gasteiger partial charge in [-0.3, -0.25) is 0 Å². The molecule has 0 atom stereocenters. The van der Waals surface area contributed by atoms with E-state index in [1.54, 1.807) is 0 Å². The third-order valence-electron chi connectivity index (χ3n) is 2.39. The Morgan fingerprint density at radius 3 is 2.56 bits per heavy atom. The fourth-order valence-corrected chi connectivity index (χ4v) is 1.83. The maximum atomic E-state index is 8.70. The summed E-state index contributed by atoms with van der Waals surface area (Å²) in [5.41, 5.74) is 0. The van der Waals surface area contributed by atoms with Gasteiger partial charge in [0.25, 0.3) is 0 Å². The average Bonchev–Trinajstić information content (AvgIpc) is 2.33. The minimum Gasteiger partial charge on any atom is -0.493 e. The molecule has 0 amide bonds. The summed E-state index contributed by atoms with van der Waals surface area (Å²) in [6.45, 7) is 0.660. The number of aliphatic hydroxyl groups is 1. The van der Waals surface area contributed by atoms with Crippen molar-refractivity contribution in [3.63, 3.8) is 0 Å². The van der Waals surface area contributed by atoms with Gasteiger partial charge in [0.15, 0.2) is 0 Å². The number of halogens is 1. The number of benzene rings is 2. The predicted octanol–water partition coefficient (Wildman–Crippen LogP) is 3.25. The van der Waals surface area contributed by atoms with Crippen LogP contribution in [0.4, 0.5) is 0 Å². The molecule has 0 heterocycles. The molecule has 1 N–H and O–H groups in total. The summed E-state index contributed by atoms with van der Waals surface area (Å²) in [6, 6.07) is 11.6. The molecule has 3 heteroatoms. The van der Waals surface area contributed by atoms with E-state index in [4.69, 9.17) is 21.4 Å². The van der Waals surface area contributed by atoms with Crippen LogP contribution in [-0.4, -0.2) is 18.3 Å². The molecule has 16 heavy (non-hydrogen) atoms. The van der Waals surface area contributed by atoms with Crippen molar-refractivity contribution in [2.45, 2.75) is 6.42 Å². The van der Waals surface area contributed by atoms with Gasteiger partial charge in [-0.15, -0.1) is 0 Å². The highest BCUT2D eigenvalue weighted by Gasteiger charge is 2.04. The van der Waals surface area contributed by atoms with E-state index in [9.17, 15) is 0 Å². The van der Waals surface area contributed by atoms with Crippen molar-refractivity contribution in [2.24, 2.45) is 0 Å². The Labute approximate surface area is 99.4 Å². The van der Waals surface area contributed by atoms with E-state index in [0.29, 0.717) is 13.0 Å². The summed E-state index contributed by atoms with van der Waals surface area (Å²) >= 11 is 6.09. The molecule has 0 bridgehead atoms. The SMILES string of the molecule is OCCCOc1ccc(Cl)c2ccccc12. The zero-order valence-corrected chi connectivity index (χ0v) is 9.57. The molecule has 0 spiro atoms. The van der Waals surface area contributed by atoms with E-state index in [0.717, 1.165) is 21.5 Å². The highest BCUT2D eigenvalue weighted by molar-refractivity contribution is 6.35. The molecule has 84 valence electrons. The third-order valence-corrected chi connectivity index (χ3v) is 2.72. The van der Waals surface area contributed by atoms with Crippen LogP contribution in [0.25, 0.3) is 10.8 Å². The van der Waals surface area contributed by atoms with Crippen LogP contribution in [0, 0.1) is 0 Å². The minimum atomic E-state index is 0.144. The number of fused-ring (bicyclic) bond motifs is 1. The second kappa shape index (κ2) is 5.19. The van der Waals surface area contributed by atoms with Crippen LogP contribution in [0.3, 0.4) is 0 Å². The molecule has 0 aliphatic heterocycles. The Morgan fingerprint density at radius 1 is 1.06 bits per heavy atom. The highest BCUT2D eigenvalue weighted by Crippen LogP contribution is 2.31. The van der Waals surface area contributed by atoms with Gasteiger partial charge in [0, 0.05) is 28.8 Å². The molecule has 2 aromatic carbocycles. The van der Waals surface area contributed by atoms with Gasteiger partial charge in [0.05, 0.1) is 6.61 Å². The van der Waals surface area contributed by atoms with E-state index in [-0.39, 0.29) is 6.61 Å². The van der Waals surface area contributed by atoms with Gasteiger partial charge in [-0.05, 0) is 12.1 Å². The highest BCUT2D eigenvalue weighted by atomic mass is 35.5. The van der Waals surface area contributed by atoms with E-state index in [1.807, 2.05) is 36.4 Å². The number of hydrogen-bond acceptors (Lipinski definition) is 2. The molecule has 0 fully saturated rings. The van der Waals surface area contributed by atoms with Gasteiger partial charge in [0.1, 0.15) is 5.75 Å². The number of rotatable bonds is 4. The summed E-state index contributed by atoms with van der Waals surface area (Å²) in [5.74, 6) is 0.813.